The summed E-state index contributed by atoms with van der Waals surface area (Å²) in [5, 5.41) is 0.145. The topological polar surface area (TPSA) is 46.6 Å². The zero-order valence-corrected chi connectivity index (χ0v) is 20.9. The summed E-state index contributed by atoms with van der Waals surface area (Å²) in [6.07, 6.45) is 5.67. The van der Waals surface area contributed by atoms with Gasteiger partial charge < -0.3 is 4.43 Å². The molecule has 0 unspecified atom stereocenters. The summed E-state index contributed by atoms with van der Waals surface area (Å²) < 4.78 is 34.4. The minimum Gasteiger partial charge on any atom is -0.408 e. The molecule has 0 N–H and O–H groups in total. The number of nitrogens with zero attached hydrogens (tertiary/aromatic N) is 1. The summed E-state index contributed by atoms with van der Waals surface area (Å²) in [4.78, 5) is 0.315. The molecule has 6 heteroatoms. The van der Waals surface area contributed by atoms with Crippen LogP contribution in [-0.4, -0.2) is 39.7 Å². The van der Waals surface area contributed by atoms with Crippen LogP contribution in [0.2, 0.25) is 18.1 Å². The Balaban J connectivity index is 2.22. The first-order chi connectivity index (χ1) is 13.2. The highest BCUT2D eigenvalue weighted by molar-refractivity contribution is 7.89. The lowest BCUT2D eigenvalue weighted by molar-refractivity contribution is 0.193. The van der Waals surface area contributed by atoms with Gasteiger partial charge in [0.25, 0.3) is 0 Å². The van der Waals surface area contributed by atoms with Crippen molar-refractivity contribution in [1.29, 1.82) is 0 Å². The summed E-state index contributed by atoms with van der Waals surface area (Å²) in [7, 11) is -5.47. The third kappa shape index (κ3) is 5.48. The van der Waals surface area contributed by atoms with Crippen LogP contribution in [0.4, 0.5) is 0 Å². The average molecular weight is 436 g/mol. The maximum Gasteiger partial charge on any atom is 0.243 e. The minimum absolute atomic E-state index is 0.145. The van der Waals surface area contributed by atoms with Crippen molar-refractivity contribution in [3.05, 3.63) is 54.1 Å². The lowest BCUT2D eigenvalue weighted by Gasteiger charge is -2.40. The van der Waals surface area contributed by atoms with Crippen LogP contribution in [0.5, 0.6) is 0 Å². The Morgan fingerprint density at radius 2 is 1.76 bits per heavy atom. The Hall–Kier alpha value is -1.21. The molecule has 0 spiro atoms. The van der Waals surface area contributed by atoms with Crippen molar-refractivity contribution in [2.45, 2.75) is 76.1 Å². The van der Waals surface area contributed by atoms with Gasteiger partial charge in [0.05, 0.1) is 10.5 Å². The molecular weight excluding hydrogens is 398 g/mol. The Morgan fingerprint density at radius 3 is 2.21 bits per heavy atom. The monoisotopic (exact) mass is 435 g/mol. The summed E-state index contributed by atoms with van der Waals surface area (Å²) in [5.74, 6) is 0. The highest BCUT2D eigenvalue weighted by Gasteiger charge is 2.52. The molecule has 0 atom stereocenters. The normalized spacial score (nSPS) is 17.4. The molecule has 4 nitrogen and oxygen atoms in total. The number of hydrogen-bond donors (Lipinski definition) is 0. The summed E-state index contributed by atoms with van der Waals surface area (Å²) >= 11 is 0. The van der Waals surface area contributed by atoms with Crippen molar-refractivity contribution >= 4 is 18.3 Å². The highest BCUT2D eigenvalue weighted by Crippen LogP contribution is 2.51. The summed E-state index contributed by atoms with van der Waals surface area (Å²) in [6.45, 7) is 19.6. The predicted octanol–water partition coefficient (Wildman–Crippen LogP) is 5.67. The second kappa shape index (κ2) is 8.50. The van der Waals surface area contributed by atoms with Gasteiger partial charge in [-0.2, -0.15) is 4.31 Å². The number of hydrogen-bond acceptors (Lipinski definition) is 3. The molecule has 29 heavy (non-hydrogen) atoms. The Bertz CT molecular complexity index is 860. The standard InChI is InChI=1S/C23H37NO3SSi/c1-9-17-24(28(25,26)21-12-10-19(2)11-13-21)18-14-20(3)23(15-16-23)27-29(7,8)22(4,5)6/h9-14H,1,15-18H2,2-8H3/b20-14-. The van der Waals surface area contributed by atoms with E-state index in [1.165, 1.54) is 4.31 Å². The van der Waals surface area contributed by atoms with E-state index in [4.69, 9.17) is 4.43 Å². The maximum atomic E-state index is 13.1. The minimum atomic E-state index is -3.57. The van der Waals surface area contributed by atoms with Gasteiger partial charge in [0.1, 0.15) is 0 Å². The molecule has 1 aliphatic rings. The fraction of sp³-hybridized carbons (Fsp3) is 0.565. The first-order valence-corrected chi connectivity index (χ1v) is 14.7. The average Bonchev–Trinajstić information content (AvgIpc) is 3.37. The van der Waals surface area contributed by atoms with Crippen LogP contribution in [-0.2, 0) is 14.4 Å². The zero-order chi connectivity index (χ0) is 22.1. The molecule has 2 rings (SSSR count). The van der Waals surface area contributed by atoms with Crippen molar-refractivity contribution in [3.63, 3.8) is 0 Å². The van der Waals surface area contributed by atoms with Gasteiger partial charge in [0, 0.05) is 13.1 Å². The molecule has 0 radical (unpaired) electrons. The third-order valence-electron chi connectivity index (χ3n) is 6.27. The molecule has 1 aromatic rings. The molecule has 0 bridgehead atoms. The van der Waals surface area contributed by atoms with Crippen LogP contribution in [0.15, 0.2) is 53.5 Å². The maximum absolute atomic E-state index is 13.1. The van der Waals surface area contributed by atoms with Crippen LogP contribution in [0.1, 0.15) is 46.1 Å². The van der Waals surface area contributed by atoms with Gasteiger partial charge in [-0.1, -0.05) is 50.6 Å². The van der Waals surface area contributed by atoms with Crippen LogP contribution in [0.3, 0.4) is 0 Å². The largest absolute Gasteiger partial charge is 0.408 e. The van der Waals surface area contributed by atoms with E-state index in [9.17, 15) is 8.42 Å². The summed E-state index contributed by atoms with van der Waals surface area (Å²) in [5.41, 5.74) is 1.96. The molecular formula is C23H37NO3SSi. The van der Waals surface area contributed by atoms with Crippen LogP contribution in [0, 0.1) is 6.92 Å². The SMILES string of the molecule is C=CCN(C/C=C(/C)C1(O[Si](C)(C)C(C)(C)C)CC1)S(=O)(=O)c1ccc(C)cc1. The fourth-order valence-corrected chi connectivity index (χ4v) is 6.03. The van der Waals surface area contributed by atoms with Crippen molar-refractivity contribution in [1.82, 2.24) is 4.31 Å². The molecule has 1 saturated carbocycles. The second-order valence-corrected chi connectivity index (χ2v) is 16.3. The van der Waals surface area contributed by atoms with E-state index in [1.54, 1.807) is 18.2 Å². The Morgan fingerprint density at radius 1 is 1.21 bits per heavy atom. The molecule has 162 valence electrons. The molecule has 0 heterocycles. The van der Waals surface area contributed by atoms with E-state index in [0.717, 1.165) is 24.0 Å². The van der Waals surface area contributed by atoms with E-state index in [-0.39, 0.29) is 17.2 Å². The van der Waals surface area contributed by atoms with E-state index < -0.39 is 18.3 Å². The van der Waals surface area contributed by atoms with E-state index >= 15 is 0 Å². The Labute approximate surface area is 178 Å². The lowest BCUT2D eigenvalue weighted by atomic mass is 10.1. The van der Waals surface area contributed by atoms with Gasteiger partial charge in [-0.3, -0.25) is 0 Å². The van der Waals surface area contributed by atoms with Gasteiger partial charge in [0.15, 0.2) is 8.32 Å². The first-order valence-electron chi connectivity index (χ1n) is 10.3. The summed E-state index contributed by atoms with van der Waals surface area (Å²) in [6, 6.07) is 6.99. The molecule has 0 aliphatic heterocycles. The van der Waals surface area contributed by atoms with Crippen molar-refractivity contribution in [2.24, 2.45) is 0 Å². The van der Waals surface area contributed by atoms with Crippen LogP contribution < -0.4 is 0 Å². The third-order valence-corrected chi connectivity index (χ3v) is 12.6. The van der Waals surface area contributed by atoms with Crippen LogP contribution >= 0.6 is 0 Å². The van der Waals surface area contributed by atoms with Crippen molar-refractivity contribution in [2.75, 3.05) is 13.1 Å². The fourth-order valence-electron chi connectivity index (χ4n) is 3.03. The Kier molecular flexibility index (Phi) is 7.05. The number of benzene rings is 1. The van der Waals surface area contributed by atoms with Gasteiger partial charge in [-0.05, 0) is 62.5 Å². The van der Waals surface area contributed by atoms with Gasteiger partial charge >= 0.3 is 0 Å². The lowest BCUT2D eigenvalue weighted by Crippen LogP contribution is -2.45. The molecule has 0 aromatic heterocycles. The quantitative estimate of drug-likeness (QED) is 0.371. The van der Waals surface area contributed by atoms with E-state index in [2.05, 4.69) is 47.4 Å². The van der Waals surface area contributed by atoms with E-state index in [0.29, 0.717) is 11.4 Å². The highest BCUT2D eigenvalue weighted by atomic mass is 32.2. The van der Waals surface area contributed by atoms with Crippen molar-refractivity contribution < 1.29 is 12.8 Å². The molecule has 0 saturated heterocycles. The first kappa shape index (κ1) is 24.1. The van der Waals surface area contributed by atoms with E-state index in [1.807, 2.05) is 25.1 Å². The van der Waals surface area contributed by atoms with Crippen LogP contribution in [0.25, 0.3) is 0 Å². The van der Waals surface area contributed by atoms with Gasteiger partial charge in [-0.25, -0.2) is 8.42 Å². The molecule has 1 aromatic carbocycles. The number of rotatable bonds is 9. The molecule has 0 amide bonds. The number of aryl methyl sites for hydroxylation is 1. The zero-order valence-electron chi connectivity index (χ0n) is 19.1. The van der Waals surface area contributed by atoms with Gasteiger partial charge in [0.2, 0.25) is 10.0 Å². The molecule has 1 aliphatic carbocycles. The number of sulfonamides is 1. The second-order valence-electron chi connectivity index (χ2n) is 9.67. The van der Waals surface area contributed by atoms with Gasteiger partial charge in [-0.15, -0.1) is 6.58 Å². The molecule has 1 fully saturated rings. The smallest absolute Gasteiger partial charge is 0.243 e. The predicted molar refractivity (Wildman–Crippen MR) is 124 cm³/mol. The van der Waals surface area contributed by atoms with Crippen molar-refractivity contribution in [3.8, 4) is 0 Å².